The third-order valence-corrected chi connectivity index (χ3v) is 9.19. The maximum Gasteiger partial charge on any atom is 0.225 e. The van der Waals surface area contributed by atoms with Crippen LogP contribution in [0.25, 0.3) is 22.5 Å². The average molecular weight is 554 g/mol. The molecule has 0 bridgehead atoms. The Balaban J connectivity index is 1.26. The summed E-state index contributed by atoms with van der Waals surface area (Å²) in [5.74, 6) is 0.978. The maximum absolute atomic E-state index is 12.9. The van der Waals surface area contributed by atoms with Gasteiger partial charge in [0.25, 0.3) is 0 Å². The number of hydrogen-bond acceptors (Lipinski definition) is 7. The maximum atomic E-state index is 12.9. The van der Waals surface area contributed by atoms with Gasteiger partial charge in [-0.15, -0.1) is 21.5 Å². The van der Waals surface area contributed by atoms with Crippen molar-refractivity contribution in [2.45, 2.75) is 51.6 Å². The lowest BCUT2D eigenvalue weighted by molar-refractivity contribution is -0.115. The van der Waals surface area contributed by atoms with E-state index in [2.05, 4.69) is 42.4 Å². The fraction of sp³-hybridized carbons (Fsp3) is 0.323. The van der Waals surface area contributed by atoms with Gasteiger partial charge in [-0.05, 0) is 36.2 Å². The van der Waals surface area contributed by atoms with Gasteiger partial charge in [0.15, 0.2) is 0 Å². The summed E-state index contributed by atoms with van der Waals surface area (Å²) in [5, 5.41) is 22.9. The lowest BCUT2D eigenvalue weighted by Gasteiger charge is -2.33. The highest BCUT2D eigenvalue weighted by Gasteiger charge is 2.32. The molecule has 5 rings (SSSR count). The molecule has 1 amide bonds. The molecule has 1 aliphatic rings. The molecule has 1 atom stereocenters. The van der Waals surface area contributed by atoms with E-state index in [4.69, 9.17) is 4.98 Å². The zero-order valence-corrected chi connectivity index (χ0v) is 24.0. The number of carbonyl (C=O) groups excluding carboxylic acids is 1. The summed E-state index contributed by atoms with van der Waals surface area (Å²) < 4.78 is 0. The molecule has 0 fully saturated rings. The molecule has 0 saturated heterocycles. The topological polar surface area (TPSA) is 91.6 Å². The number of amides is 1. The molecule has 6 nitrogen and oxygen atoms in total. The number of benzene rings is 2. The van der Waals surface area contributed by atoms with E-state index in [0.29, 0.717) is 27.4 Å². The third kappa shape index (κ3) is 6.21. The summed E-state index contributed by atoms with van der Waals surface area (Å²) in [7, 11) is 0. The van der Waals surface area contributed by atoms with Crippen LogP contribution < -0.4 is 5.32 Å². The molecule has 2 aromatic carbocycles. The van der Waals surface area contributed by atoms with Crippen molar-refractivity contribution >= 4 is 34.0 Å². The van der Waals surface area contributed by atoms with Crippen LogP contribution in [0.2, 0.25) is 0 Å². The molecular formula is C31H31N5OS2. The Morgan fingerprint density at radius 2 is 1.72 bits per heavy atom. The molecule has 39 heavy (non-hydrogen) atoms. The standard InChI is InChI=1S/C31H31N5OS2/c1-31(2,3)22-14-15-23-24(19-32)29(39-25(23)18-22)33-26(37)16-17-38-30-34-27(20-10-6-4-7-11-20)28(35-36-30)21-12-8-5-9-13-21/h4-13,22H,14-18H2,1-3H3,(H,33,37). The van der Waals surface area contributed by atoms with E-state index in [1.54, 1.807) is 11.3 Å². The quantitative estimate of drug-likeness (QED) is 0.240. The van der Waals surface area contributed by atoms with E-state index in [0.717, 1.165) is 47.3 Å². The number of nitrogens with one attached hydrogen (secondary N) is 1. The Bertz CT molecular complexity index is 1500. The van der Waals surface area contributed by atoms with Crippen LogP contribution in [0.5, 0.6) is 0 Å². The average Bonchev–Trinajstić information content (AvgIpc) is 3.29. The highest BCUT2D eigenvalue weighted by atomic mass is 32.2. The summed E-state index contributed by atoms with van der Waals surface area (Å²) in [4.78, 5) is 18.9. The molecule has 0 saturated carbocycles. The molecule has 0 aliphatic heterocycles. The number of fused-ring (bicyclic) bond motifs is 1. The van der Waals surface area contributed by atoms with Crippen LogP contribution in [0, 0.1) is 22.7 Å². The Morgan fingerprint density at radius 3 is 2.36 bits per heavy atom. The first-order chi connectivity index (χ1) is 18.8. The number of nitrogens with zero attached hydrogens (tertiary/aromatic N) is 4. The van der Waals surface area contributed by atoms with Gasteiger partial charge >= 0.3 is 0 Å². The Kier molecular flexibility index (Phi) is 8.10. The number of carbonyl (C=O) groups is 1. The number of nitriles is 1. The summed E-state index contributed by atoms with van der Waals surface area (Å²) >= 11 is 2.97. The number of aromatic nitrogens is 3. The number of rotatable bonds is 7. The monoisotopic (exact) mass is 553 g/mol. The third-order valence-electron chi connectivity index (χ3n) is 7.18. The molecule has 2 aromatic heterocycles. The van der Waals surface area contributed by atoms with Crippen molar-refractivity contribution in [1.82, 2.24) is 15.2 Å². The number of thioether (sulfide) groups is 1. The van der Waals surface area contributed by atoms with Crippen LogP contribution in [0.4, 0.5) is 5.00 Å². The first-order valence-corrected chi connectivity index (χ1v) is 15.0. The van der Waals surface area contributed by atoms with Gasteiger partial charge in [0.1, 0.15) is 22.5 Å². The lowest BCUT2D eigenvalue weighted by Crippen LogP contribution is -2.26. The largest absolute Gasteiger partial charge is 0.317 e. The molecule has 4 aromatic rings. The van der Waals surface area contributed by atoms with Crippen molar-refractivity contribution in [3.05, 3.63) is 76.7 Å². The van der Waals surface area contributed by atoms with Crippen LogP contribution >= 0.6 is 23.1 Å². The van der Waals surface area contributed by atoms with E-state index in [-0.39, 0.29) is 17.7 Å². The molecule has 1 aliphatic carbocycles. The molecular weight excluding hydrogens is 523 g/mol. The summed E-state index contributed by atoms with van der Waals surface area (Å²) in [6.45, 7) is 6.83. The van der Waals surface area contributed by atoms with Gasteiger partial charge in [-0.2, -0.15) is 5.26 Å². The summed E-state index contributed by atoms with van der Waals surface area (Å²) in [6.07, 6.45) is 3.23. The van der Waals surface area contributed by atoms with E-state index >= 15 is 0 Å². The van der Waals surface area contributed by atoms with Crippen LogP contribution in [0.1, 0.15) is 49.6 Å². The van der Waals surface area contributed by atoms with Crippen molar-refractivity contribution in [3.8, 4) is 28.6 Å². The zero-order chi connectivity index (χ0) is 27.4. The molecule has 198 valence electrons. The van der Waals surface area contributed by atoms with Crippen LogP contribution in [-0.2, 0) is 17.6 Å². The lowest BCUT2D eigenvalue weighted by atomic mass is 9.72. The molecule has 0 spiro atoms. The fourth-order valence-corrected chi connectivity index (χ4v) is 6.93. The van der Waals surface area contributed by atoms with Crippen molar-refractivity contribution < 1.29 is 4.79 Å². The van der Waals surface area contributed by atoms with Crippen LogP contribution in [-0.4, -0.2) is 26.8 Å². The Hall–Kier alpha value is -3.54. The van der Waals surface area contributed by atoms with Crippen molar-refractivity contribution in [3.63, 3.8) is 0 Å². The van der Waals surface area contributed by atoms with Crippen LogP contribution in [0.15, 0.2) is 65.8 Å². The van der Waals surface area contributed by atoms with Gasteiger partial charge in [0, 0.05) is 28.2 Å². The smallest absolute Gasteiger partial charge is 0.225 e. The predicted molar refractivity (Wildman–Crippen MR) is 159 cm³/mol. The number of hydrogen-bond donors (Lipinski definition) is 1. The minimum Gasteiger partial charge on any atom is -0.317 e. The van der Waals surface area contributed by atoms with Crippen molar-refractivity contribution in [1.29, 1.82) is 5.26 Å². The predicted octanol–water partition coefficient (Wildman–Crippen LogP) is 7.41. The van der Waals surface area contributed by atoms with Gasteiger partial charge in [-0.3, -0.25) is 4.79 Å². The zero-order valence-electron chi connectivity index (χ0n) is 22.4. The molecule has 0 radical (unpaired) electrons. The van der Waals surface area contributed by atoms with E-state index in [1.807, 2.05) is 60.7 Å². The Labute approximate surface area is 237 Å². The van der Waals surface area contributed by atoms with Gasteiger partial charge in [0.2, 0.25) is 11.1 Å². The second kappa shape index (κ2) is 11.7. The minimum absolute atomic E-state index is 0.109. The van der Waals surface area contributed by atoms with Gasteiger partial charge in [0.05, 0.1) is 5.56 Å². The SMILES string of the molecule is CC(C)(C)C1CCc2c(sc(NC(=O)CCSc3nnc(-c4ccccc4)c(-c4ccccc4)n3)c2C#N)C1. The first-order valence-electron chi connectivity index (χ1n) is 13.2. The Morgan fingerprint density at radius 1 is 1.05 bits per heavy atom. The molecule has 2 heterocycles. The molecule has 1 unspecified atom stereocenters. The van der Waals surface area contributed by atoms with Gasteiger partial charge in [-0.25, -0.2) is 4.98 Å². The number of anilines is 1. The number of thiophene rings is 1. The van der Waals surface area contributed by atoms with Crippen LogP contribution in [0.3, 0.4) is 0 Å². The second-order valence-corrected chi connectivity index (χ2v) is 13.0. The first kappa shape index (κ1) is 27.0. The summed E-state index contributed by atoms with van der Waals surface area (Å²) in [5.41, 5.74) is 5.40. The van der Waals surface area contributed by atoms with Gasteiger partial charge in [-0.1, -0.05) is 93.2 Å². The fourth-order valence-electron chi connectivity index (χ4n) is 4.92. The van der Waals surface area contributed by atoms with Crippen molar-refractivity contribution in [2.24, 2.45) is 11.3 Å². The molecule has 8 heteroatoms. The normalized spacial score (nSPS) is 14.9. The highest BCUT2D eigenvalue weighted by molar-refractivity contribution is 7.99. The van der Waals surface area contributed by atoms with Crippen molar-refractivity contribution in [2.75, 3.05) is 11.1 Å². The van der Waals surface area contributed by atoms with Gasteiger partial charge < -0.3 is 5.32 Å². The van der Waals surface area contributed by atoms with E-state index in [1.165, 1.54) is 16.6 Å². The minimum atomic E-state index is -0.109. The summed E-state index contributed by atoms with van der Waals surface area (Å²) in [6, 6.07) is 22.2. The second-order valence-electron chi connectivity index (χ2n) is 10.8. The van der Waals surface area contributed by atoms with E-state index in [9.17, 15) is 10.1 Å². The highest BCUT2D eigenvalue weighted by Crippen LogP contribution is 2.44. The van der Waals surface area contributed by atoms with E-state index < -0.39 is 0 Å². The molecule has 1 N–H and O–H groups in total.